The molecule has 1 aliphatic rings. The van der Waals surface area contributed by atoms with E-state index in [0.29, 0.717) is 23.5 Å². The van der Waals surface area contributed by atoms with Crippen molar-refractivity contribution >= 4 is 23.3 Å². The normalized spacial score (nSPS) is 12.8. The number of aromatic nitrogens is 2. The maximum absolute atomic E-state index is 14.7. The number of nitrogens with one attached hydrogen (secondary N) is 2. The molecule has 1 fully saturated rings. The molecule has 0 radical (unpaired) electrons. The van der Waals surface area contributed by atoms with E-state index in [0.717, 1.165) is 30.9 Å². The summed E-state index contributed by atoms with van der Waals surface area (Å²) < 4.78 is 35.1. The van der Waals surface area contributed by atoms with E-state index in [1.807, 2.05) is 6.92 Å². The third-order valence-corrected chi connectivity index (χ3v) is 6.14. The van der Waals surface area contributed by atoms with Crippen molar-refractivity contribution < 1.29 is 23.1 Å². The first-order valence-corrected chi connectivity index (χ1v) is 12.2. The Bertz CT molecular complexity index is 1330. The largest absolute Gasteiger partial charge is 0.486 e. The minimum Gasteiger partial charge on any atom is -0.486 e. The zero-order valence-corrected chi connectivity index (χ0v) is 20.7. The Balaban J connectivity index is 1.57. The van der Waals surface area contributed by atoms with Crippen LogP contribution < -0.4 is 21.1 Å². The van der Waals surface area contributed by atoms with Crippen LogP contribution in [0, 0.1) is 18.6 Å². The van der Waals surface area contributed by atoms with Gasteiger partial charge in [-0.2, -0.15) is 0 Å². The summed E-state index contributed by atoms with van der Waals surface area (Å²) in [5.41, 5.74) is 7.93. The van der Waals surface area contributed by atoms with Crippen LogP contribution in [0.15, 0.2) is 36.7 Å². The van der Waals surface area contributed by atoms with Gasteiger partial charge in [0, 0.05) is 17.7 Å². The first-order chi connectivity index (χ1) is 17.8. The number of benzene rings is 2. The van der Waals surface area contributed by atoms with Crippen LogP contribution in [0.5, 0.6) is 5.75 Å². The van der Waals surface area contributed by atoms with E-state index >= 15 is 0 Å². The minimum atomic E-state index is -0.694. The number of nitrogens with two attached hydrogens (primary N) is 1. The Kier molecular flexibility index (Phi) is 7.95. The van der Waals surface area contributed by atoms with Crippen molar-refractivity contribution in [1.29, 1.82) is 0 Å². The number of ether oxygens (including phenoxy) is 1. The van der Waals surface area contributed by atoms with Crippen LogP contribution >= 0.6 is 0 Å². The number of halogens is 2. The highest BCUT2D eigenvalue weighted by molar-refractivity contribution is 6.05. The van der Waals surface area contributed by atoms with E-state index in [1.165, 1.54) is 24.5 Å². The van der Waals surface area contributed by atoms with Gasteiger partial charge in [0.05, 0.1) is 12.1 Å². The van der Waals surface area contributed by atoms with Gasteiger partial charge in [0.1, 0.15) is 30.3 Å². The molecule has 1 aromatic heterocycles. The summed E-state index contributed by atoms with van der Waals surface area (Å²) in [4.78, 5) is 32.7. The Hall–Kier alpha value is -4.08. The van der Waals surface area contributed by atoms with Crippen molar-refractivity contribution in [2.75, 3.05) is 24.2 Å². The third-order valence-electron chi connectivity index (χ3n) is 6.14. The molecule has 4 rings (SSSR count). The second kappa shape index (κ2) is 11.3. The quantitative estimate of drug-likeness (QED) is 0.340. The smallest absolute Gasteiger partial charge is 0.258 e. The van der Waals surface area contributed by atoms with Gasteiger partial charge in [-0.15, -0.1) is 0 Å². The van der Waals surface area contributed by atoms with Gasteiger partial charge in [0.2, 0.25) is 5.91 Å². The lowest BCUT2D eigenvalue weighted by molar-refractivity contribution is -0.121. The average Bonchev–Trinajstić information content (AvgIpc) is 3.70. The van der Waals surface area contributed by atoms with Crippen molar-refractivity contribution in [2.24, 2.45) is 0 Å². The fourth-order valence-corrected chi connectivity index (χ4v) is 4.01. The molecule has 4 N–H and O–H groups in total. The van der Waals surface area contributed by atoms with E-state index in [-0.39, 0.29) is 47.6 Å². The molecule has 8 nitrogen and oxygen atoms in total. The van der Waals surface area contributed by atoms with Crippen LogP contribution in [0.1, 0.15) is 60.0 Å². The van der Waals surface area contributed by atoms with E-state index < -0.39 is 17.5 Å². The molecule has 37 heavy (non-hydrogen) atoms. The van der Waals surface area contributed by atoms with Crippen LogP contribution in [0.3, 0.4) is 0 Å². The molecule has 2 amide bonds. The molecule has 0 unspecified atom stereocenters. The monoisotopic (exact) mass is 509 g/mol. The minimum absolute atomic E-state index is 0.0388. The van der Waals surface area contributed by atoms with Crippen LogP contribution in [0.4, 0.5) is 20.3 Å². The summed E-state index contributed by atoms with van der Waals surface area (Å²) in [6.45, 7) is 3.91. The maximum atomic E-state index is 14.7. The number of rotatable bonds is 10. The molecule has 1 saturated carbocycles. The number of carbonyl (C=O) groups is 2. The van der Waals surface area contributed by atoms with Gasteiger partial charge in [-0.3, -0.25) is 9.59 Å². The molecular weight excluding hydrogens is 480 g/mol. The number of anilines is 2. The van der Waals surface area contributed by atoms with E-state index in [1.54, 1.807) is 13.0 Å². The Morgan fingerprint density at radius 2 is 1.95 bits per heavy atom. The molecule has 10 heteroatoms. The zero-order chi connectivity index (χ0) is 26.5. The lowest BCUT2D eigenvalue weighted by Gasteiger charge is -2.17. The summed E-state index contributed by atoms with van der Waals surface area (Å²) in [7, 11) is 0. The topological polar surface area (TPSA) is 119 Å². The molecule has 1 heterocycles. The van der Waals surface area contributed by atoms with Gasteiger partial charge in [-0.25, -0.2) is 18.7 Å². The Morgan fingerprint density at radius 3 is 2.65 bits per heavy atom. The van der Waals surface area contributed by atoms with Gasteiger partial charge in [0.15, 0.2) is 11.6 Å². The molecule has 0 aliphatic heterocycles. The standard InChI is InChI=1S/C27H29F2N5O3/c1-3-4-23(35)31-9-10-37-25-24(32-14-33-26(25)30)20-12-18(28)13-22(15(20)2)34-27(36)19-8-7-17(11-21(19)29)16-5-6-16/h7-8,11-14,16H,3-6,9-10H2,1-2H3,(H,31,35)(H,34,36)(H2,30,32,33). The van der Waals surface area contributed by atoms with E-state index in [2.05, 4.69) is 20.6 Å². The van der Waals surface area contributed by atoms with Gasteiger partial charge in [0.25, 0.3) is 5.91 Å². The lowest BCUT2D eigenvalue weighted by Crippen LogP contribution is -2.27. The molecular formula is C27H29F2N5O3. The molecule has 3 aromatic rings. The van der Waals surface area contributed by atoms with Gasteiger partial charge in [-0.1, -0.05) is 13.0 Å². The highest BCUT2D eigenvalue weighted by Gasteiger charge is 2.25. The van der Waals surface area contributed by atoms with Crippen LogP contribution in [0.2, 0.25) is 0 Å². The summed E-state index contributed by atoms with van der Waals surface area (Å²) in [5, 5.41) is 5.34. The van der Waals surface area contributed by atoms with E-state index in [4.69, 9.17) is 10.5 Å². The van der Waals surface area contributed by atoms with Crippen molar-refractivity contribution in [3.63, 3.8) is 0 Å². The number of amides is 2. The predicted molar refractivity (Wildman–Crippen MR) is 136 cm³/mol. The van der Waals surface area contributed by atoms with Crippen molar-refractivity contribution in [1.82, 2.24) is 15.3 Å². The number of nitrogen functional groups attached to an aromatic ring is 1. The van der Waals surface area contributed by atoms with Crippen LogP contribution in [-0.4, -0.2) is 34.9 Å². The summed E-state index contributed by atoms with van der Waals surface area (Å²) in [6.07, 6.45) is 4.39. The zero-order valence-electron chi connectivity index (χ0n) is 20.7. The molecule has 2 aromatic carbocycles. The van der Waals surface area contributed by atoms with Crippen LogP contribution in [0.25, 0.3) is 11.3 Å². The van der Waals surface area contributed by atoms with E-state index in [9.17, 15) is 18.4 Å². The first-order valence-electron chi connectivity index (χ1n) is 12.2. The summed E-state index contributed by atoms with van der Waals surface area (Å²) in [5.74, 6) is -1.54. The average molecular weight is 510 g/mol. The summed E-state index contributed by atoms with van der Waals surface area (Å²) in [6, 6.07) is 6.98. The lowest BCUT2D eigenvalue weighted by atomic mass is 10.0. The fraction of sp³-hybridized carbons (Fsp3) is 0.333. The SMILES string of the molecule is CCCC(=O)NCCOc1c(N)ncnc1-c1cc(F)cc(NC(=O)c2ccc(C3CC3)cc2F)c1C. The Labute approximate surface area is 213 Å². The van der Waals surface area contributed by atoms with Gasteiger partial charge < -0.3 is 21.1 Å². The van der Waals surface area contributed by atoms with Crippen LogP contribution in [-0.2, 0) is 4.79 Å². The number of hydrogen-bond acceptors (Lipinski definition) is 6. The number of carbonyl (C=O) groups excluding carboxylic acids is 2. The maximum Gasteiger partial charge on any atom is 0.258 e. The highest BCUT2D eigenvalue weighted by Crippen LogP contribution is 2.40. The van der Waals surface area contributed by atoms with Crippen molar-refractivity contribution in [2.45, 2.75) is 45.4 Å². The highest BCUT2D eigenvalue weighted by atomic mass is 19.1. The predicted octanol–water partition coefficient (Wildman–Crippen LogP) is 4.74. The third kappa shape index (κ3) is 6.19. The number of nitrogens with zero attached hydrogens (tertiary/aromatic N) is 2. The molecule has 0 atom stereocenters. The second-order valence-corrected chi connectivity index (χ2v) is 8.98. The molecule has 0 spiro atoms. The fourth-order valence-electron chi connectivity index (χ4n) is 4.01. The molecule has 0 bridgehead atoms. The molecule has 1 aliphatic carbocycles. The van der Waals surface area contributed by atoms with Gasteiger partial charge >= 0.3 is 0 Å². The Morgan fingerprint density at radius 1 is 1.16 bits per heavy atom. The molecule has 194 valence electrons. The first kappa shape index (κ1) is 26.0. The number of hydrogen-bond donors (Lipinski definition) is 3. The van der Waals surface area contributed by atoms with Crippen molar-refractivity contribution in [3.05, 3.63) is 65.0 Å². The van der Waals surface area contributed by atoms with Gasteiger partial charge in [-0.05, 0) is 67.5 Å². The summed E-state index contributed by atoms with van der Waals surface area (Å²) >= 11 is 0. The second-order valence-electron chi connectivity index (χ2n) is 8.98. The molecule has 0 saturated heterocycles. The van der Waals surface area contributed by atoms with Crippen molar-refractivity contribution in [3.8, 4) is 17.0 Å².